The van der Waals surface area contributed by atoms with Crippen LogP contribution in [0.4, 0.5) is 0 Å². The lowest BCUT2D eigenvalue weighted by molar-refractivity contribution is 1.11. The zero-order valence-electron chi connectivity index (χ0n) is 26.6. The highest BCUT2D eigenvalue weighted by Crippen LogP contribution is 2.45. The minimum Gasteiger partial charge on any atom is -0.291 e. The molecule has 3 nitrogen and oxygen atoms in total. The average Bonchev–Trinajstić information content (AvgIpc) is 3.52. The Bertz CT molecular complexity index is 2710. The van der Waals surface area contributed by atoms with E-state index in [1.165, 1.54) is 44.3 Å². The molecule has 228 valence electrons. The zero-order chi connectivity index (χ0) is 32.3. The van der Waals surface area contributed by atoms with Crippen molar-refractivity contribution in [1.29, 1.82) is 0 Å². The van der Waals surface area contributed by atoms with Crippen molar-refractivity contribution < 1.29 is 0 Å². The van der Waals surface area contributed by atoms with Gasteiger partial charge in [-0.25, -0.2) is 4.98 Å². The van der Waals surface area contributed by atoms with E-state index < -0.39 is 0 Å². The molecular weight excluding hydrogens is 595 g/mol. The first-order chi connectivity index (χ1) is 24.3. The number of aromatic nitrogens is 3. The van der Waals surface area contributed by atoms with Crippen molar-refractivity contribution in [3.05, 3.63) is 176 Å². The van der Waals surface area contributed by atoms with Gasteiger partial charge >= 0.3 is 0 Å². The highest BCUT2D eigenvalue weighted by molar-refractivity contribution is 6.03. The lowest BCUT2D eigenvalue weighted by atomic mass is 9.94. The Morgan fingerprint density at radius 3 is 1.82 bits per heavy atom. The number of fused-ring (bicyclic) bond motifs is 6. The maximum atomic E-state index is 5.23. The van der Waals surface area contributed by atoms with Gasteiger partial charge in [0.25, 0.3) is 0 Å². The Balaban J connectivity index is 1.04. The van der Waals surface area contributed by atoms with Crippen LogP contribution < -0.4 is 0 Å². The standard InChI is InChI=1S/C46H29N3/c1-2-15-37-31(10-1)26-27-47-44(37)36-14-8-13-35(29-36)34-12-7-11-33(28-34)30-22-24-32(25-23-30)46-48-42-20-9-19-41-39-17-4-3-16-38(39)40-18-5-6-21-43(40)49(46)45(41)42/h1-29H. The molecule has 0 spiro atoms. The van der Waals surface area contributed by atoms with Crippen molar-refractivity contribution in [2.75, 3.05) is 0 Å². The Kier molecular flexibility index (Phi) is 6.18. The number of hydrogen-bond acceptors (Lipinski definition) is 2. The van der Waals surface area contributed by atoms with E-state index in [0.717, 1.165) is 50.3 Å². The van der Waals surface area contributed by atoms with Gasteiger partial charge in [0.2, 0.25) is 0 Å². The van der Waals surface area contributed by atoms with Crippen molar-refractivity contribution in [1.82, 2.24) is 14.5 Å². The first-order valence-corrected chi connectivity index (χ1v) is 16.7. The topological polar surface area (TPSA) is 30.7 Å². The van der Waals surface area contributed by atoms with Gasteiger partial charge in [0.15, 0.2) is 0 Å². The van der Waals surface area contributed by atoms with E-state index in [9.17, 15) is 0 Å². The molecule has 0 fully saturated rings. The summed E-state index contributed by atoms with van der Waals surface area (Å²) in [4.78, 5) is 10.0. The lowest BCUT2D eigenvalue weighted by Gasteiger charge is -2.13. The molecule has 0 unspecified atom stereocenters. The van der Waals surface area contributed by atoms with Gasteiger partial charge in [-0.05, 0) is 69.1 Å². The van der Waals surface area contributed by atoms with Crippen molar-refractivity contribution in [3.8, 4) is 72.8 Å². The molecule has 0 amide bonds. The Morgan fingerprint density at radius 2 is 1.00 bits per heavy atom. The molecule has 0 atom stereocenters. The molecule has 3 heteroatoms. The summed E-state index contributed by atoms with van der Waals surface area (Å²) in [5, 5.41) is 2.36. The van der Waals surface area contributed by atoms with Crippen LogP contribution in [0.25, 0.3) is 94.6 Å². The van der Waals surface area contributed by atoms with E-state index in [2.05, 4.69) is 174 Å². The highest BCUT2D eigenvalue weighted by Gasteiger charge is 2.25. The lowest BCUT2D eigenvalue weighted by Crippen LogP contribution is -1.99. The fraction of sp³-hybridized carbons (Fsp3) is 0. The molecule has 0 saturated heterocycles. The Morgan fingerprint density at radius 1 is 0.408 bits per heavy atom. The number of rotatable bonds is 4. The maximum absolute atomic E-state index is 5.23. The van der Waals surface area contributed by atoms with Gasteiger partial charge in [0.05, 0.1) is 22.4 Å². The molecule has 0 aliphatic carbocycles. The summed E-state index contributed by atoms with van der Waals surface area (Å²) in [6, 6.07) is 60.7. The number of benzene rings is 7. The predicted molar refractivity (Wildman–Crippen MR) is 203 cm³/mol. The fourth-order valence-corrected chi connectivity index (χ4v) is 7.51. The molecule has 10 rings (SSSR count). The van der Waals surface area contributed by atoms with Gasteiger partial charge in [-0.1, -0.05) is 140 Å². The van der Waals surface area contributed by atoms with Crippen LogP contribution in [0.2, 0.25) is 0 Å². The van der Waals surface area contributed by atoms with Gasteiger partial charge in [0.1, 0.15) is 5.82 Å². The second-order valence-corrected chi connectivity index (χ2v) is 12.6. The summed E-state index contributed by atoms with van der Waals surface area (Å²) in [5.74, 6) is 0.946. The second kappa shape index (κ2) is 11.0. The number of hydrogen-bond donors (Lipinski definition) is 0. The summed E-state index contributed by atoms with van der Waals surface area (Å²) in [7, 11) is 0. The third-order valence-corrected chi connectivity index (χ3v) is 9.81. The zero-order valence-corrected chi connectivity index (χ0v) is 26.6. The fourth-order valence-electron chi connectivity index (χ4n) is 7.51. The Hall–Kier alpha value is -6.58. The van der Waals surface area contributed by atoms with Crippen molar-refractivity contribution in [3.63, 3.8) is 0 Å². The van der Waals surface area contributed by atoms with Crippen LogP contribution in [0.5, 0.6) is 0 Å². The first kappa shape index (κ1) is 27.5. The summed E-state index contributed by atoms with van der Waals surface area (Å²) in [6.07, 6.45) is 1.90. The maximum Gasteiger partial charge on any atom is 0.145 e. The number of nitrogens with zero attached hydrogens (tertiary/aromatic N) is 3. The van der Waals surface area contributed by atoms with Crippen LogP contribution in [-0.4, -0.2) is 14.5 Å². The second-order valence-electron chi connectivity index (χ2n) is 12.6. The van der Waals surface area contributed by atoms with Gasteiger partial charge in [0, 0.05) is 33.8 Å². The van der Waals surface area contributed by atoms with E-state index in [0.29, 0.717) is 0 Å². The summed E-state index contributed by atoms with van der Waals surface area (Å²) < 4.78 is 2.35. The molecular formula is C46H29N3. The minimum atomic E-state index is 0.946. The van der Waals surface area contributed by atoms with Gasteiger partial charge in [-0.3, -0.25) is 9.55 Å². The largest absolute Gasteiger partial charge is 0.291 e. The SMILES string of the molecule is c1cc(-c2ccc(-c3nc4cccc5c4n3-c3ccccc3-c3ccccc3-5)cc2)cc(-c2cccc(-c3nccc4ccccc34)c2)c1. The first-order valence-electron chi connectivity index (χ1n) is 16.7. The molecule has 3 heterocycles. The molecule has 0 N–H and O–H groups in total. The molecule has 49 heavy (non-hydrogen) atoms. The molecule has 2 aromatic heterocycles. The van der Waals surface area contributed by atoms with E-state index in [1.807, 2.05) is 6.20 Å². The third kappa shape index (κ3) is 4.44. The van der Waals surface area contributed by atoms with Gasteiger partial charge in [-0.2, -0.15) is 0 Å². The van der Waals surface area contributed by atoms with E-state index in [4.69, 9.17) is 9.97 Å². The predicted octanol–water partition coefficient (Wildman–Crippen LogP) is 11.9. The van der Waals surface area contributed by atoms with Crippen LogP contribution in [0.3, 0.4) is 0 Å². The van der Waals surface area contributed by atoms with Gasteiger partial charge < -0.3 is 0 Å². The summed E-state index contributed by atoms with van der Waals surface area (Å²) in [6.45, 7) is 0. The number of pyridine rings is 1. The van der Waals surface area contributed by atoms with E-state index in [1.54, 1.807) is 0 Å². The van der Waals surface area contributed by atoms with Crippen molar-refractivity contribution in [2.24, 2.45) is 0 Å². The number of para-hydroxylation sites is 2. The molecule has 0 bridgehead atoms. The van der Waals surface area contributed by atoms with Crippen LogP contribution in [-0.2, 0) is 0 Å². The Labute approximate surface area is 284 Å². The molecule has 7 aromatic carbocycles. The van der Waals surface area contributed by atoms with Crippen LogP contribution in [0.15, 0.2) is 176 Å². The van der Waals surface area contributed by atoms with Crippen LogP contribution >= 0.6 is 0 Å². The molecule has 0 saturated carbocycles. The van der Waals surface area contributed by atoms with Crippen molar-refractivity contribution >= 4 is 21.8 Å². The summed E-state index contributed by atoms with van der Waals surface area (Å²) in [5.41, 5.74) is 16.1. The smallest absolute Gasteiger partial charge is 0.145 e. The molecule has 1 aliphatic rings. The quantitative estimate of drug-likeness (QED) is 0.195. The molecule has 1 aliphatic heterocycles. The van der Waals surface area contributed by atoms with E-state index in [-0.39, 0.29) is 0 Å². The summed E-state index contributed by atoms with van der Waals surface area (Å²) >= 11 is 0. The average molecular weight is 624 g/mol. The van der Waals surface area contributed by atoms with E-state index >= 15 is 0 Å². The highest BCUT2D eigenvalue weighted by atomic mass is 15.1. The van der Waals surface area contributed by atoms with Crippen LogP contribution in [0.1, 0.15) is 0 Å². The number of imidazole rings is 1. The molecule has 0 radical (unpaired) electrons. The van der Waals surface area contributed by atoms with Crippen LogP contribution in [0, 0.1) is 0 Å². The third-order valence-electron chi connectivity index (χ3n) is 9.81. The van der Waals surface area contributed by atoms with Gasteiger partial charge in [-0.15, -0.1) is 0 Å². The van der Waals surface area contributed by atoms with Crippen molar-refractivity contribution in [2.45, 2.75) is 0 Å². The minimum absolute atomic E-state index is 0.946. The molecule has 9 aromatic rings. The normalized spacial score (nSPS) is 11.7. The monoisotopic (exact) mass is 623 g/mol.